The van der Waals surface area contributed by atoms with Gasteiger partial charge in [-0.1, -0.05) is 29.8 Å². The number of nitrogens with zero attached hydrogens (tertiary/aromatic N) is 1. The first-order chi connectivity index (χ1) is 12.8. The molecule has 0 bridgehead atoms. The Morgan fingerprint density at radius 3 is 2.70 bits per heavy atom. The van der Waals surface area contributed by atoms with Gasteiger partial charge >= 0.3 is 0 Å². The average Bonchev–Trinajstić information content (AvgIpc) is 2.92. The number of sulfonamides is 1. The van der Waals surface area contributed by atoms with Gasteiger partial charge in [0.25, 0.3) is 0 Å². The van der Waals surface area contributed by atoms with E-state index in [-0.39, 0.29) is 23.8 Å². The number of amides is 2. The summed E-state index contributed by atoms with van der Waals surface area (Å²) in [4.78, 5) is 25.2. The van der Waals surface area contributed by atoms with E-state index >= 15 is 0 Å². The molecule has 0 fully saturated rings. The third-order valence-corrected chi connectivity index (χ3v) is 5.83. The molecule has 0 aromatic heterocycles. The molecule has 7 nitrogen and oxygen atoms in total. The van der Waals surface area contributed by atoms with Crippen LogP contribution in [-0.2, 0) is 32.6 Å². The average molecular weight is 387 g/mol. The molecular formula is C19H21N3O4S. The molecular weight excluding hydrogens is 366 g/mol. The van der Waals surface area contributed by atoms with Crippen LogP contribution >= 0.6 is 0 Å². The number of carbonyl (C=O) groups is 2. The van der Waals surface area contributed by atoms with Crippen molar-refractivity contribution < 1.29 is 18.0 Å². The minimum absolute atomic E-state index is 0.0378. The molecule has 2 aromatic rings. The number of hydrogen-bond acceptors (Lipinski definition) is 4. The fraction of sp³-hybridized carbons (Fsp3) is 0.263. The zero-order chi connectivity index (χ0) is 19.6. The number of rotatable bonds is 6. The van der Waals surface area contributed by atoms with Crippen molar-refractivity contribution in [2.45, 2.75) is 24.8 Å². The second-order valence-corrected chi connectivity index (χ2v) is 8.28. The fourth-order valence-corrected chi connectivity index (χ4v) is 3.98. The topological polar surface area (TPSA) is 95.6 Å². The van der Waals surface area contributed by atoms with Gasteiger partial charge in [0, 0.05) is 19.3 Å². The number of fused-ring (bicyclic) bond motifs is 1. The summed E-state index contributed by atoms with van der Waals surface area (Å²) in [7, 11) is -2.19. The summed E-state index contributed by atoms with van der Waals surface area (Å²) in [5, 5.41) is 2.69. The van der Waals surface area contributed by atoms with Crippen LogP contribution < -0.4 is 14.9 Å². The Balaban J connectivity index is 1.59. The maximum atomic E-state index is 12.4. The smallest absolute Gasteiger partial charge is 0.241 e. The molecule has 2 aromatic carbocycles. The van der Waals surface area contributed by atoms with Gasteiger partial charge in [0.2, 0.25) is 21.8 Å². The van der Waals surface area contributed by atoms with Crippen molar-refractivity contribution >= 4 is 27.5 Å². The highest BCUT2D eigenvalue weighted by Gasteiger charge is 2.26. The number of likely N-dealkylation sites (N-methyl/N-ethyl adjacent to an activating group) is 1. The predicted octanol–water partition coefficient (Wildman–Crippen LogP) is 1.11. The predicted molar refractivity (Wildman–Crippen MR) is 102 cm³/mol. The largest absolute Gasteiger partial charge is 0.351 e. The fourth-order valence-electron chi connectivity index (χ4n) is 2.94. The van der Waals surface area contributed by atoms with Crippen LogP contribution in [0.25, 0.3) is 0 Å². The Labute approximate surface area is 158 Å². The van der Waals surface area contributed by atoms with E-state index in [1.54, 1.807) is 13.1 Å². The van der Waals surface area contributed by atoms with E-state index in [4.69, 9.17) is 0 Å². The first-order valence-electron chi connectivity index (χ1n) is 8.47. The Morgan fingerprint density at radius 2 is 1.96 bits per heavy atom. The Kier molecular flexibility index (Phi) is 5.29. The van der Waals surface area contributed by atoms with Crippen molar-refractivity contribution in [1.82, 2.24) is 10.0 Å². The van der Waals surface area contributed by atoms with E-state index < -0.39 is 15.9 Å². The first kappa shape index (κ1) is 19.1. The molecule has 0 unspecified atom stereocenters. The quantitative estimate of drug-likeness (QED) is 0.776. The summed E-state index contributed by atoms with van der Waals surface area (Å²) < 4.78 is 27.2. The summed E-state index contributed by atoms with van der Waals surface area (Å²) in [5.41, 5.74) is 3.39. The highest BCUT2D eigenvalue weighted by atomic mass is 32.2. The monoisotopic (exact) mass is 387 g/mol. The molecule has 1 heterocycles. The third-order valence-electron chi connectivity index (χ3n) is 4.43. The van der Waals surface area contributed by atoms with Crippen molar-refractivity contribution in [2.24, 2.45) is 0 Å². The number of benzene rings is 2. The molecule has 0 spiro atoms. The van der Waals surface area contributed by atoms with Gasteiger partial charge in [0.15, 0.2) is 0 Å². The molecule has 3 rings (SSSR count). The Bertz CT molecular complexity index is 1000. The van der Waals surface area contributed by atoms with Crippen LogP contribution in [0, 0.1) is 6.92 Å². The lowest BCUT2D eigenvalue weighted by atomic mass is 10.1. The van der Waals surface area contributed by atoms with Crippen LogP contribution in [0.2, 0.25) is 0 Å². The van der Waals surface area contributed by atoms with E-state index in [9.17, 15) is 18.0 Å². The molecule has 0 saturated carbocycles. The number of aryl methyl sites for hydroxylation is 1. The second kappa shape index (κ2) is 7.50. The van der Waals surface area contributed by atoms with Gasteiger partial charge in [-0.3, -0.25) is 9.59 Å². The zero-order valence-corrected chi connectivity index (χ0v) is 16.0. The van der Waals surface area contributed by atoms with Crippen LogP contribution in [-0.4, -0.2) is 33.8 Å². The van der Waals surface area contributed by atoms with Crippen LogP contribution in [0.5, 0.6) is 0 Å². The molecule has 1 aliphatic rings. The molecule has 0 saturated heterocycles. The van der Waals surface area contributed by atoms with E-state index in [2.05, 4.69) is 10.0 Å². The molecule has 8 heteroatoms. The summed E-state index contributed by atoms with van der Waals surface area (Å²) in [5.74, 6) is -0.501. The van der Waals surface area contributed by atoms with E-state index in [1.807, 2.05) is 31.2 Å². The maximum Gasteiger partial charge on any atom is 0.241 e. The zero-order valence-electron chi connectivity index (χ0n) is 15.2. The van der Waals surface area contributed by atoms with E-state index in [0.29, 0.717) is 17.8 Å². The van der Waals surface area contributed by atoms with Crippen molar-refractivity contribution in [3.8, 4) is 0 Å². The molecule has 1 aliphatic heterocycles. The highest BCUT2D eigenvalue weighted by Crippen LogP contribution is 2.29. The van der Waals surface area contributed by atoms with Gasteiger partial charge in [0.05, 0.1) is 17.9 Å². The highest BCUT2D eigenvalue weighted by molar-refractivity contribution is 7.89. The molecule has 0 atom stereocenters. The van der Waals surface area contributed by atoms with Gasteiger partial charge in [-0.2, -0.15) is 0 Å². The van der Waals surface area contributed by atoms with Gasteiger partial charge in [0.1, 0.15) is 0 Å². The molecule has 2 N–H and O–H groups in total. The molecule has 0 radical (unpaired) electrons. The summed E-state index contributed by atoms with van der Waals surface area (Å²) in [6.45, 7) is 1.93. The summed E-state index contributed by atoms with van der Waals surface area (Å²) >= 11 is 0. The lowest BCUT2D eigenvalue weighted by Gasteiger charge is -2.11. The van der Waals surface area contributed by atoms with Crippen molar-refractivity contribution in [2.75, 3.05) is 18.5 Å². The molecule has 27 heavy (non-hydrogen) atoms. The second-order valence-electron chi connectivity index (χ2n) is 6.51. The van der Waals surface area contributed by atoms with E-state index in [1.165, 1.54) is 17.0 Å². The standard InChI is InChI=1S/C19H21N3O4S/c1-13-4-3-5-14(8-13)11-20-18(23)12-21-27(25,26)16-6-7-17-15(9-16)10-19(24)22(17)2/h3-9,21H,10-12H2,1-2H3,(H,20,23). The lowest BCUT2D eigenvalue weighted by molar-refractivity contribution is -0.120. The van der Waals surface area contributed by atoms with Gasteiger partial charge in [-0.25, -0.2) is 13.1 Å². The first-order valence-corrected chi connectivity index (χ1v) is 9.96. The normalized spacial score (nSPS) is 13.6. The minimum atomic E-state index is -3.84. The number of carbonyl (C=O) groups excluding carboxylic acids is 2. The van der Waals surface area contributed by atoms with Crippen LogP contribution in [0.1, 0.15) is 16.7 Å². The molecule has 142 valence electrons. The maximum absolute atomic E-state index is 12.4. The Morgan fingerprint density at radius 1 is 1.19 bits per heavy atom. The van der Waals surface area contributed by atoms with Crippen LogP contribution in [0.15, 0.2) is 47.4 Å². The summed E-state index contributed by atoms with van der Waals surface area (Å²) in [6, 6.07) is 12.2. The van der Waals surface area contributed by atoms with Gasteiger partial charge in [-0.05, 0) is 36.2 Å². The molecule has 2 amide bonds. The van der Waals surface area contributed by atoms with Crippen molar-refractivity contribution in [3.05, 3.63) is 59.2 Å². The number of anilines is 1. The Hall–Kier alpha value is -2.71. The number of hydrogen-bond donors (Lipinski definition) is 2. The lowest BCUT2D eigenvalue weighted by Crippen LogP contribution is -2.36. The SMILES string of the molecule is Cc1cccc(CNC(=O)CNS(=O)(=O)c2ccc3c(c2)CC(=O)N3C)c1. The molecule has 0 aliphatic carbocycles. The van der Waals surface area contributed by atoms with E-state index in [0.717, 1.165) is 11.1 Å². The van der Waals surface area contributed by atoms with Gasteiger partial charge in [-0.15, -0.1) is 0 Å². The number of nitrogens with one attached hydrogen (secondary N) is 2. The van der Waals surface area contributed by atoms with Crippen LogP contribution in [0.3, 0.4) is 0 Å². The minimum Gasteiger partial charge on any atom is -0.351 e. The van der Waals surface area contributed by atoms with Gasteiger partial charge < -0.3 is 10.2 Å². The van der Waals surface area contributed by atoms with Crippen LogP contribution in [0.4, 0.5) is 5.69 Å². The van der Waals surface area contributed by atoms with Crippen molar-refractivity contribution in [1.29, 1.82) is 0 Å². The summed E-state index contributed by atoms with van der Waals surface area (Å²) in [6.07, 6.45) is 0.173. The van der Waals surface area contributed by atoms with Crippen molar-refractivity contribution in [3.63, 3.8) is 0 Å². The third kappa shape index (κ3) is 4.35.